The first kappa shape index (κ1) is 10.5. The molecule has 3 nitrogen and oxygen atoms in total. The maximum absolute atomic E-state index is 8.34. The summed E-state index contributed by atoms with van der Waals surface area (Å²) in [4.78, 5) is 0. The molecule has 0 spiro atoms. The molecule has 0 aromatic rings. The maximum atomic E-state index is 8.34. The second kappa shape index (κ2) is 7.57. The number of aliphatic hydroxyl groups excluding tert-OH is 1. The van der Waals surface area contributed by atoms with Crippen LogP contribution >= 0.6 is 0 Å². The lowest BCUT2D eigenvalue weighted by molar-refractivity contribution is 0.0770. The molecule has 0 atom stereocenters. The highest BCUT2D eigenvalue weighted by Gasteiger charge is 1.88. The highest BCUT2D eigenvalue weighted by atomic mass is 16.5. The topological polar surface area (TPSA) is 38.7 Å². The molecule has 0 unspecified atom stereocenters. The van der Waals surface area contributed by atoms with Gasteiger partial charge in [-0.05, 0) is 6.92 Å². The van der Waals surface area contributed by atoms with Crippen LogP contribution in [-0.2, 0) is 9.47 Å². The van der Waals surface area contributed by atoms with Gasteiger partial charge in [0.2, 0.25) is 0 Å². The van der Waals surface area contributed by atoms with Gasteiger partial charge in [0.05, 0.1) is 25.6 Å². The average molecular weight is 160 g/mol. The van der Waals surface area contributed by atoms with E-state index in [1.807, 2.05) is 6.92 Å². The van der Waals surface area contributed by atoms with Crippen LogP contribution < -0.4 is 0 Å². The normalized spacial score (nSPS) is 9.64. The average Bonchev–Trinajstić information content (AvgIpc) is 1.96. The van der Waals surface area contributed by atoms with Crippen LogP contribution in [0, 0.1) is 0 Å². The fourth-order valence-corrected chi connectivity index (χ4v) is 0.574. The zero-order valence-electron chi connectivity index (χ0n) is 7.01. The molecule has 11 heavy (non-hydrogen) atoms. The quantitative estimate of drug-likeness (QED) is 0.445. The Kier molecular flexibility index (Phi) is 7.19. The molecule has 0 aliphatic rings. The molecule has 0 fully saturated rings. The number of hydrogen-bond acceptors (Lipinski definition) is 3. The standard InChI is InChI=1S/C8H16O3/c1-8(2)11-6-3-5-10-7-4-9/h9H,1,3-7H2,2H3. The van der Waals surface area contributed by atoms with Crippen molar-refractivity contribution in [3.8, 4) is 0 Å². The van der Waals surface area contributed by atoms with Crippen molar-refractivity contribution in [1.82, 2.24) is 0 Å². The van der Waals surface area contributed by atoms with E-state index in [1.54, 1.807) is 0 Å². The second-order valence-corrected chi connectivity index (χ2v) is 2.24. The molecule has 0 aliphatic heterocycles. The van der Waals surface area contributed by atoms with Crippen molar-refractivity contribution >= 4 is 0 Å². The van der Waals surface area contributed by atoms with Crippen LogP contribution in [-0.4, -0.2) is 31.5 Å². The Balaban J connectivity index is 2.85. The Morgan fingerprint density at radius 3 is 2.64 bits per heavy atom. The minimum absolute atomic E-state index is 0.0847. The van der Waals surface area contributed by atoms with Gasteiger partial charge in [-0.25, -0.2) is 0 Å². The summed E-state index contributed by atoms with van der Waals surface area (Å²) in [7, 11) is 0. The Hall–Kier alpha value is -0.540. The molecule has 66 valence electrons. The van der Waals surface area contributed by atoms with Crippen LogP contribution in [0.2, 0.25) is 0 Å². The third-order valence-electron chi connectivity index (χ3n) is 1.02. The van der Waals surface area contributed by atoms with E-state index in [4.69, 9.17) is 14.6 Å². The third-order valence-corrected chi connectivity index (χ3v) is 1.02. The molecule has 0 saturated heterocycles. The van der Waals surface area contributed by atoms with Gasteiger partial charge in [0.1, 0.15) is 0 Å². The van der Waals surface area contributed by atoms with Crippen LogP contribution in [0.1, 0.15) is 13.3 Å². The minimum Gasteiger partial charge on any atom is -0.499 e. The summed E-state index contributed by atoms with van der Waals surface area (Å²) in [5, 5.41) is 8.34. The molecule has 0 bridgehead atoms. The van der Waals surface area contributed by atoms with E-state index in [1.165, 1.54) is 0 Å². The van der Waals surface area contributed by atoms with E-state index in [9.17, 15) is 0 Å². The Labute approximate surface area is 67.6 Å². The van der Waals surface area contributed by atoms with Gasteiger partial charge in [-0.15, -0.1) is 0 Å². The van der Waals surface area contributed by atoms with E-state index >= 15 is 0 Å². The van der Waals surface area contributed by atoms with E-state index in [2.05, 4.69) is 6.58 Å². The largest absolute Gasteiger partial charge is 0.499 e. The van der Waals surface area contributed by atoms with Crippen molar-refractivity contribution in [2.45, 2.75) is 13.3 Å². The minimum atomic E-state index is 0.0847. The van der Waals surface area contributed by atoms with Gasteiger partial charge in [0.25, 0.3) is 0 Å². The summed E-state index contributed by atoms with van der Waals surface area (Å²) in [6.45, 7) is 7.17. The molecule has 0 heterocycles. The lowest BCUT2D eigenvalue weighted by atomic mass is 10.5. The van der Waals surface area contributed by atoms with Crippen molar-refractivity contribution in [2.75, 3.05) is 26.4 Å². The first-order valence-electron chi connectivity index (χ1n) is 3.74. The monoisotopic (exact) mass is 160 g/mol. The zero-order valence-corrected chi connectivity index (χ0v) is 7.01. The number of hydrogen-bond donors (Lipinski definition) is 1. The van der Waals surface area contributed by atoms with Gasteiger partial charge in [-0.1, -0.05) is 6.58 Å². The summed E-state index contributed by atoms with van der Waals surface area (Å²) in [6, 6.07) is 0. The van der Waals surface area contributed by atoms with Crippen molar-refractivity contribution in [3.05, 3.63) is 12.3 Å². The van der Waals surface area contributed by atoms with E-state index < -0.39 is 0 Å². The summed E-state index contributed by atoms with van der Waals surface area (Å²) >= 11 is 0. The summed E-state index contributed by atoms with van der Waals surface area (Å²) < 4.78 is 10.1. The Morgan fingerprint density at radius 2 is 2.09 bits per heavy atom. The van der Waals surface area contributed by atoms with E-state index in [-0.39, 0.29) is 6.61 Å². The van der Waals surface area contributed by atoms with Gasteiger partial charge in [-0.3, -0.25) is 0 Å². The number of aliphatic hydroxyl groups is 1. The molecule has 0 aromatic heterocycles. The molecule has 0 aliphatic carbocycles. The van der Waals surface area contributed by atoms with Crippen LogP contribution in [0.4, 0.5) is 0 Å². The molecule has 0 radical (unpaired) electrons. The van der Waals surface area contributed by atoms with Gasteiger partial charge in [-0.2, -0.15) is 0 Å². The molecule has 3 heteroatoms. The molecular formula is C8H16O3. The predicted octanol–water partition coefficient (Wildman–Crippen LogP) is 0.936. The SMILES string of the molecule is C=C(C)OCCCOCCO. The van der Waals surface area contributed by atoms with Crippen LogP contribution in [0.15, 0.2) is 12.3 Å². The molecule has 0 aromatic carbocycles. The van der Waals surface area contributed by atoms with Gasteiger partial charge < -0.3 is 14.6 Å². The van der Waals surface area contributed by atoms with Crippen molar-refractivity contribution in [1.29, 1.82) is 0 Å². The zero-order chi connectivity index (χ0) is 8.53. The van der Waals surface area contributed by atoms with E-state index in [0.717, 1.165) is 12.2 Å². The third kappa shape index (κ3) is 9.46. The molecule has 0 amide bonds. The van der Waals surface area contributed by atoms with Gasteiger partial charge >= 0.3 is 0 Å². The molecule has 1 N–H and O–H groups in total. The highest BCUT2D eigenvalue weighted by molar-refractivity contribution is 4.72. The van der Waals surface area contributed by atoms with Gasteiger partial charge in [0.15, 0.2) is 0 Å². The van der Waals surface area contributed by atoms with Crippen LogP contribution in [0.3, 0.4) is 0 Å². The summed E-state index contributed by atoms with van der Waals surface area (Å²) in [5.41, 5.74) is 0. The molecular weight excluding hydrogens is 144 g/mol. The Morgan fingerprint density at radius 1 is 1.36 bits per heavy atom. The smallest absolute Gasteiger partial charge is 0.0898 e. The first-order chi connectivity index (χ1) is 5.27. The molecule has 0 saturated carbocycles. The highest BCUT2D eigenvalue weighted by Crippen LogP contribution is 1.92. The van der Waals surface area contributed by atoms with Crippen molar-refractivity contribution < 1.29 is 14.6 Å². The fraction of sp³-hybridized carbons (Fsp3) is 0.750. The summed E-state index contributed by atoms with van der Waals surface area (Å²) in [6.07, 6.45) is 0.840. The molecule has 0 rings (SSSR count). The first-order valence-corrected chi connectivity index (χ1v) is 3.74. The predicted molar refractivity (Wildman–Crippen MR) is 43.3 cm³/mol. The van der Waals surface area contributed by atoms with Crippen LogP contribution in [0.5, 0.6) is 0 Å². The van der Waals surface area contributed by atoms with Crippen LogP contribution in [0.25, 0.3) is 0 Å². The lowest BCUT2D eigenvalue weighted by Crippen LogP contribution is -2.03. The fourth-order valence-electron chi connectivity index (χ4n) is 0.574. The number of allylic oxidation sites excluding steroid dienone is 1. The Bertz CT molecular complexity index is 102. The van der Waals surface area contributed by atoms with Crippen molar-refractivity contribution in [3.63, 3.8) is 0 Å². The van der Waals surface area contributed by atoms with Crippen molar-refractivity contribution in [2.24, 2.45) is 0 Å². The lowest BCUT2D eigenvalue weighted by Gasteiger charge is -2.04. The summed E-state index contributed by atoms with van der Waals surface area (Å²) in [5.74, 6) is 0.729. The number of ether oxygens (including phenoxy) is 2. The van der Waals surface area contributed by atoms with E-state index in [0.29, 0.717) is 19.8 Å². The second-order valence-electron chi connectivity index (χ2n) is 2.24. The number of rotatable bonds is 7. The van der Waals surface area contributed by atoms with Gasteiger partial charge in [0, 0.05) is 13.0 Å². The maximum Gasteiger partial charge on any atom is 0.0898 e.